The summed E-state index contributed by atoms with van der Waals surface area (Å²) in [6.07, 6.45) is 2.48. The lowest BCUT2D eigenvalue weighted by Gasteiger charge is -2.15. The van der Waals surface area contributed by atoms with E-state index in [1.54, 1.807) is 37.5 Å². The molecule has 0 saturated heterocycles. The molecule has 0 saturated carbocycles. The molecule has 0 spiro atoms. The predicted molar refractivity (Wildman–Crippen MR) is 168 cm³/mol. The van der Waals surface area contributed by atoms with Crippen molar-refractivity contribution in [3.8, 4) is 39.7 Å². The lowest BCUT2D eigenvalue weighted by atomic mass is 10.0. The van der Waals surface area contributed by atoms with Gasteiger partial charge in [0.05, 0.1) is 12.0 Å². The Morgan fingerprint density at radius 3 is 2.42 bits per heavy atom. The summed E-state index contributed by atoms with van der Waals surface area (Å²) in [6.45, 7) is 4.41. The first-order valence-electron chi connectivity index (χ1n) is 14.1. The summed E-state index contributed by atoms with van der Waals surface area (Å²) in [6, 6.07) is 13.6. The van der Waals surface area contributed by atoms with Gasteiger partial charge in [-0.25, -0.2) is 17.7 Å². The molecule has 1 unspecified atom stereocenters. The Morgan fingerprint density at radius 1 is 1.00 bits per heavy atom. The molecule has 9 nitrogen and oxygen atoms in total. The zero-order valence-electron chi connectivity index (χ0n) is 24.9. The molecule has 0 aliphatic rings. The Kier molecular flexibility index (Phi) is 9.78. The Bertz CT molecular complexity index is 1930. The van der Waals surface area contributed by atoms with Crippen LogP contribution in [0.2, 0.25) is 0 Å². The number of hydrogen-bond donors (Lipinski definition) is 3. The molecule has 0 fully saturated rings. The first-order chi connectivity index (χ1) is 21.5. The molecule has 3 N–H and O–H groups in total. The normalized spacial score (nSPS) is 12.1. The number of hydrogen-bond acceptors (Lipinski definition) is 6. The van der Waals surface area contributed by atoms with Gasteiger partial charge < -0.3 is 23.6 Å². The molecule has 2 heterocycles. The molecule has 2 aromatic heterocycles. The van der Waals surface area contributed by atoms with Crippen LogP contribution in [0.25, 0.3) is 33.4 Å². The quantitative estimate of drug-likeness (QED) is 0.110. The van der Waals surface area contributed by atoms with Gasteiger partial charge in [0.1, 0.15) is 28.7 Å². The second kappa shape index (κ2) is 13.7. The van der Waals surface area contributed by atoms with Crippen LogP contribution in [0.15, 0.2) is 70.0 Å². The third kappa shape index (κ3) is 7.15. The van der Waals surface area contributed by atoms with Gasteiger partial charge in [-0.3, -0.25) is 9.35 Å². The van der Waals surface area contributed by atoms with Gasteiger partial charge >= 0.3 is 0 Å². The van der Waals surface area contributed by atoms with Gasteiger partial charge in [-0.05, 0) is 79.4 Å². The summed E-state index contributed by atoms with van der Waals surface area (Å²) in [5.74, 6) is -0.456. The maximum atomic E-state index is 14.6. The number of nitrogens with zero attached hydrogens (tertiary/aromatic N) is 1. The van der Waals surface area contributed by atoms with E-state index in [9.17, 15) is 17.8 Å². The number of nitrogens with one attached hydrogen (secondary N) is 1. The van der Waals surface area contributed by atoms with Crippen molar-refractivity contribution in [2.45, 2.75) is 26.7 Å². The number of furan rings is 1. The van der Waals surface area contributed by atoms with E-state index < -0.39 is 22.9 Å². The predicted octanol–water partition coefficient (Wildman–Crippen LogP) is 6.18. The first kappa shape index (κ1) is 32.0. The summed E-state index contributed by atoms with van der Waals surface area (Å²) in [4.78, 5) is 13.3. The van der Waals surface area contributed by atoms with Crippen molar-refractivity contribution in [3.05, 3.63) is 99.5 Å². The Labute approximate surface area is 260 Å². The van der Waals surface area contributed by atoms with E-state index in [0.717, 1.165) is 34.4 Å². The third-order valence-corrected chi connectivity index (χ3v) is 7.68. The van der Waals surface area contributed by atoms with Crippen molar-refractivity contribution in [3.63, 3.8) is 0 Å². The lowest BCUT2D eigenvalue weighted by Crippen LogP contribution is -2.19. The molecule has 45 heavy (non-hydrogen) atoms. The number of aliphatic hydroxyl groups excluding tert-OH is 1. The minimum atomic E-state index is -2.18. The fourth-order valence-electron chi connectivity index (χ4n) is 5.14. The smallest absolute Gasteiger partial charge is 0.261 e. The van der Waals surface area contributed by atoms with Crippen LogP contribution < -0.4 is 19.8 Å². The summed E-state index contributed by atoms with van der Waals surface area (Å²) in [5, 5.41) is 9.41. The van der Waals surface area contributed by atoms with E-state index >= 15 is 0 Å². The first-order valence-corrected chi connectivity index (χ1v) is 15.3. The van der Waals surface area contributed by atoms with Gasteiger partial charge in [0.25, 0.3) is 5.56 Å². The molecule has 0 amide bonds. The van der Waals surface area contributed by atoms with Gasteiger partial charge in [-0.1, -0.05) is 6.07 Å². The van der Waals surface area contributed by atoms with Crippen molar-refractivity contribution in [1.29, 1.82) is 0 Å². The molecule has 12 heteroatoms. The van der Waals surface area contributed by atoms with Gasteiger partial charge in [0.15, 0.2) is 11.6 Å². The van der Waals surface area contributed by atoms with E-state index in [4.69, 9.17) is 23.6 Å². The molecule has 5 rings (SSSR count). The maximum Gasteiger partial charge on any atom is 0.261 e. The number of halogens is 2. The third-order valence-electron chi connectivity index (χ3n) is 7.23. The molecule has 0 radical (unpaired) electrons. The fourth-order valence-corrected chi connectivity index (χ4v) is 5.41. The number of rotatable bonds is 12. The molecule has 0 bridgehead atoms. The lowest BCUT2D eigenvalue weighted by molar-refractivity contribution is 0.232. The Morgan fingerprint density at radius 2 is 1.73 bits per heavy atom. The van der Waals surface area contributed by atoms with Crippen LogP contribution in [0.4, 0.5) is 8.78 Å². The fraction of sp³-hybridized carbons (Fsp3) is 0.242. The van der Waals surface area contributed by atoms with Crippen LogP contribution in [0, 0.1) is 25.5 Å². The van der Waals surface area contributed by atoms with Gasteiger partial charge in [0, 0.05) is 55.6 Å². The van der Waals surface area contributed by atoms with Crippen LogP contribution in [0.1, 0.15) is 23.1 Å². The molecule has 0 aliphatic carbocycles. The maximum absolute atomic E-state index is 14.6. The van der Waals surface area contributed by atoms with E-state index in [0.29, 0.717) is 47.5 Å². The minimum absolute atomic E-state index is 0.0292. The summed E-state index contributed by atoms with van der Waals surface area (Å²) >= 11 is -2.18. The highest BCUT2D eigenvalue weighted by atomic mass is 32.2. The largest absolute Gasteiger partial charge is 0.493 e. The van der Waals surface area contributed by atoms with Crippen LogP contribution in [-0.2, 0) is 24.7 Å². The molecular weight excluding hydrogens is 606 g/mol. The highest BCUT2D eigenvalue weighted by molar-refractivity contribution is 7.77. The zero-order valence-corrected chi connectivity index (χ0v) is 25.7. The van der Waals surface area contributed by atoms with Crippen molar-refractivity contribution in [2.24, 2.45) is 7.05 Å². The number of fused-ring (bicyclic) bond motifs is 1. The van der Waals surface area contributed by atoms with Crippen molar-refractivity contribution >= 4 is 22.2 Å². The monoisotopic (exact) mass is 638 g/mol. The van der Waals surface area contributed by atoms with Crippen LogP contribution >= 0.6 is 0 Å². The summed E-state index contributed by atoms with van der Waals surface area (Å²) < 4.78 is 70.4. The Hall–Kier alpha value is -4.36. The van der Waals surface area contributed by atoms with E-state index in [1.165, 1.54) is 10.6 Å². The number of ether oxygens (including phenoxy) is 2. The molecule has 1 atom stereocenters. The molecule has 5 aromatic rings. The minimum Gasteiger partial charge on any atom is -0.493 e. The number of aryl methyl sites for hydroxylation is 3. The second-order valence-corrected chi connectivity index (χ2v) is 11.4. The second-order valence-electron chi connectivity index (χ2n) is 10.6. The summed E-state index contributed by atoms with van der Waals surface area (Å²) in [7, 11) is 1.61. The van der Waals surface area contributed by atoms with E-state index in [-0.39, 0.29) is 35.8 Å². The van der Waals surface area contributed by atoms with E-state index in [1.807, 2.05) is 26.0 Å². The van der Waals surface area contributed by atoms with Crippen LogP contribution in [-0.4, -0.2) is 38.2 Å². The van der Waals surface area contributed by atoms with Gasteiger partial charge in [-0.2, -0.15) is 0 Å². The molecule has 236 valence electrons. The molecule has 0 aliphatic heterocycles. The van der Waals surface area contributed by atoms with Crippen molar-refractivity contribution in [1.82, 2.24) is 9.29 Å². The topological polar surface area (TPSA) is 123 Å². The molecule has 3 aromatic carbocycles. The van der Waals surface area contributed by atoms with Crippen molar-refractivity contribution in [2.75, 3.05) is 19.8 Å². The van der Waals surface area contributed by atoms with Crippen LogP contribution in [0.5, 0.6) is 17.2 Å². The average molecular weight is 639 g/mol. The SMILES string of the molecule is Cc1cc(-c2cc3c(=O)n(C)cc(-c4cc(CCNS(=O)O)ccc4Oc4ccc(F)cc4F)c3o2)cc(C)c1OCCCO. The zero-order chi connectivity index (χ0) is 32.2. The highest BCUT2D eigenvalue weighted by Gasteiger charge is 2.21. The van der Waals surface area contributed by atoms with Gasteiger partial charge in [0.2, 0.25) is 11.3 Å². The Balaban J connectivity index is 1.64. The van der Waals surface area contributed by atoms with Gasteiger partial charge in [-0.15, -0.1) is 0 Å². The van der Waals surface area contributed by atoms with Crippen molar-refractivity contribution < 1.29 is 36.5 Å². The number of aromatic nitrogens is 1. The summed E-state index contributed by atoms with van der Waals surface area (Å²) in [5.41, 5.74) is 4.13. The highest BCUT2D eigenvalue weighted by Crippen LogP contribution is 2.41. The standard InChI is InChI=1S/C33H32F2N2O7S/c1-19-13-22(14-20(2)31(19)42-12-4-11-38)30-17-25-32(44-30)26(18-37(3)33(25)39)24-15-21(9-10-36-45(40)41)5-7-28(24)43-29-8-6-23(34)16-27(29)35/h5-8,13-18,36,38H,4,9-12H2,1-3H3,(H,40,41). The number of pyridine rings is 1. The number of benzene rings is 3. The average Bonchev–Trinajstić information content (AvgIpc) is 3.44. The number of aliphatic hydroxyl groups is 1. The molecular formula is C33H32F2N2O7S. The van der Waals surface area contributed by atoms with Crippen LogP contribution in [0.3, 0.4) is 0 Å². The van der Waals surface area contributed by atoms with E-state index in [2.05, 4.69) is 4.72 Å².